The lowest BCUT2D eigenvalue weighted by atomic mass is 10.1. The number of carbonyl (C=O) groups is 2. The third-order valence-corrected chi connectivity index (χ3v) is 5.21. The highest BCUT2D eigenvalue weighted by atomic mass is 32.1. The molecule has 7 heteroatoms. The summed E-state index contributed by atoms with van der Waals surface area (Å²) < 4.78 is 2.02. The standard InChI is InChI=1S/C23H20N4O2S/c1-16(28)24-19-8-6-18(7-9-19)21-15-30-23(25-21)26-22(29)14-17-4-10-20(11-5-17)27-12-2-3-13-27/h2-13,15H,14H2,1H3,(H,24,28)(H,25,26,29). The predicted octanol–water partition coefficient (Wildman–Crippen LogP) is 4.74. The minimum Gasteiger partial charge on any atom is -0.326 e. The summed E-state index contributed by atoms with van der Waals surface area (Å²) in [6.07, 6.45) is 4.25. The van der Waals surface area contributed by atoms with E-state index in [1.165, 1.54) is 18.3 Å². The van der Waals surface area contributed by atoms with E-state index in [4.69, 9.17) is 0 Å². The maximum atomic E-state index is 12.4. The fraction of sp³-hybridized carbons (Fsp3) is 0.0870. The van der Waals surface area contributed by atoms with Gasteiger partial charge in [0.2, 0.25) is 11.8 Å². The fourth-order valence-electron chi connectivity index (χ4n) is 3.03. The average Bonchev–Trinajstić information content (AvgIpc) is 3.41. The highest BCUT2D eigenvalue weighted by Crippen LogP contribution is 2.26. The molecule has 2 amide bonds. The van der Waals surface area contributed by atoms with Gasteiger partial charge in [-0.25, -0.2) is 4.98 Å². The summed E-state index contributed by atoms with van der Waals surface area (Å²) >= 11 is 1.38. The Kier molecular flexibility index (Phi) is 5.72. The zero-order chi connectivity index (χ0) is 20.9. The number of carbonyl (C=O) groups excluding carboxylic acids is 2. The summed E-state index contributed by atoms with van der Waals surface area (Å²) in [4.78, 5) is 28.0. The highest BCUT2D eigenvalue weighted by molar-refractivity contribution is 7.14. The molecule has 0 atom stereocenters. The van der Waals surface area contributed by atoms with Crippen LogP contribution in [0.1, 0.15) is 12.5 Å². The first-order valence-electron chi connectivity index (χ1n) is 9.42. The van der Waals surface area contributed by atoms with Gasteiger partial charge in [0.1, 0.15) is 0 Å². The number of nitrogens with zero attached hydrogens (tertiary/aromatic N) is 2. The van der Waals surface area contributed by atoms with Gasteiger partial charge >= 0.3 is 0 Å². The van der Waals surface area contributed by atoms with Crippen molar-refractivity contribution in [1.29, 1.82) is 0 Å². The van der Waals surface area contributed by atoms with Crippen LogP contribution in [0.15, 0.2) is 78.4 Å². The molecule has 2 aromatic heterocycles. The van der Waals surface area contributed by atoms with E-state index < -0.39 is 0 Å². The first-order chi connectivity index (χ1) is 14.6. The van der Waals surface area contributed by atoms with E-state index in [1.54, 1.807) is 0 Å². The van der Waals surface area contributed by atoms with E-state index in [0.29, 0.717) is 5.13 Å². The molecule has 0 aliphatic heterocycles. The number of hydrogen-bond acceptors (Lipinski definition) is 4. The van der Waals surface area contributed by atoms with Crippen LogP contribution in [-0.2, 0) is 16.0 Å². The summed E-state index contributed by atoms with van der Waals surface area (Å²) in [5, 5.41) is 8.06. The van der Waals surface area contributed by atoms with E-state index in [-0.39, 0.29) is 18.2 Å². The Morgan fingerprint density at radius 1 is 0.967 bits per heavy atom. The van der Waals surface area contributed by atoms with Gasteiger partial charge in [0, 0.05) is 41.6 Å². The van der Waals surface area contributed by atoms with Crippen LogP contribution in [0.3, 0.4) is 0 Å². The van der Waals surface area contributed by atoms with Crippen LogP contribution in [-0.4, -0.2) is 21.4 Å². The third kappa shape index (κ3) is 4.82. The average molecular weight is 417 g/mol. The molecule has 0 saturated heterocycles. The lowest BCUT2D eigenvalue weighted by molar-refractivity contribution is -0.116. The SMILES string of the molecule is CC(=O)Nc1ccc(-c2csc(NC(=O)Cc3ccc(-n4cccc4)cc3)n2)cc1. The lowest BCUT2D eigenvalue weighted by Gasteiger charge is -2.05. The molecule has 2 N–H and O–H groups in total. The van der Waals surface area contributed by atoms with Crippen molar-refractivity contribution >= 4 is 34.0 Å². The molecule has 0 fully saturated rings. The Bertz CT molecular complexity index is 1150. The zero-order valence-corrected chi connectivity index (χ0v) is 17.1. The molecule has 2 heterocycles. The summed E-state index contributed by atoms with van der Waals surface area (Å²) in [6.45, 7) is 1.47. The van der Waals surface area contributed by atoms with Crippen molar-refractivity contribution in [3.8, 4) is 16.9 Å². The largest absolute Gasteiger partial charge is 0.326 e. The fourth-order valence-corrected chi connectivity index (χ4v) is 3.77. The molecule has 0 aliphatic rings. The van der Waals surface area contributed by atoms with E-state index >= 15 is 0 Å². The number of aromatic nitrogens is 2. The van der Waals surface area contributed by atoms with Gasteiger partial charge in [0.15, 0.2) is 5.13 Å². The summed E-state index contributed by atoms with van der Waals surface area (Å²) in [7, 11) is 0. The van der Waals surface area contributed by atoms with Crippen molar-refractivity contribution in [3.63, 3.8) is 0 Å². The zero-order valence-electron chi connectivity index (χ0n) is 16.3. The number of amides is 2. The van der Waals surface area contributed by atoms with Crippen LogP contribution in [0.2, 0.25) is 0 Å². The van der Waals surface area contributed by atoms with E-state index in [9.17, 15) is 9.59 Å². The van der Waals surface area contributed by atoms with Crippen molar-refractivity contribution in [2.75, 3.05) is 10.6 Å². The van der Waals surface area contributed by atoms with Gasteiger partial charge in [-0.15, -0.1) is 11.3 Å². The van der Waals surface area contributed by atoms with Crippen molar-refractivity contribution < 1.29 is 9.59 Å². The molecule has 4 aromatic rings. The quantitative estimate of drug-likeness (QED) is 0.477. The maximum absolute atomic E-state index is 12.4. The minimum atomic E-state index is -0.110. The molecule has 150 valence electrons. The second-order valence-corrected chi connectivity index (χ2v) is 7.64. The maximum Gasteiger partial charge on any atom is 0.230 e. The second kappa shape index (κ2) is 8.75. The van der Waals surface area contributed by atoms with Gasteiger partial charge < -0.3 is 15.2 Å². The number of anilines is 2. The summed E-state index contributed by atoms with van der Waals surface area (Å²) in [6, 6.07) is 19.3. The molecule has 6 nitrogen and oxygen atoms in total. The smallest absolute Gasteiger partial charge is 0.230 e. The number of hydrogen-bond donors (Lipinski definition) is 2. The predicted molar refractivity (Wildman–Crippen MR) is 120 cm³/mol. The van der Waals surface area contributed by atoms with Crippen LogP contribution >= 0.6 is 11.3 Å². The summed E-state index contributed by atoms with van der Waals surface area (Å²) in [5.41, 5.74) is 4.42. The van der Waals surface area contributed by atoms with Gasteiger partial charge in [-0.05, 0) is 42.0 Å². The highest BCUT2D eigenvalue weighted by Gasteiger charge is 2.09. The van der Waals surface area contributed by atoms with Gasteiger partial charge in [-0.3, -0.25) is 9.59 Å². The first-order valence-corrected chi connectivity index (χ1v) is 10.3. The molecule has 0 bridgehead atoms. The van der Waals surface area contributed by atoms with Gasteiger partial charge in [0.05, 0.1) is 12.1 Å². The Morgan fingerprint density at radius 3 is 2.33 bits per heavy atom. The molecule has 0 spiro atoms. The van der Waals surface area contributed by atoms with E-state index in [0.717, 1.165) is 28.2 Å². The molecular formula is C23H20N4O2S. The van der Waals surface area contributed by atoms with Gasteiger partial charge in [-0.2, -0.15) is 0 Å². The van der Waals surface area contributed by atoms with Crippen LogP contribution in [0.5, 0.6) is 0 Å². The summed E-state index contributed by atoms with van der Waals surface area (Å²) in [5.74, 6) is -0.216. The normalized spacial score (nSPS) is 10.6. The Hall–Kier alpha value is -3.71. The van der Waals surface area contributed by atoms with Crippen LogP contribution in [0.25, 0.3) is 16.9 Å². The number of thiazole rings is 1. The molecule has 0 aliphatic carbocycles. The van der Waals surface area contributed by atoms with E-state index in [1.807, 2.05) is 83.0 Å². The van der Waals surface area contributed by atoms with Crippen LogP contribution in [0, 0.1) is 0 Å². The molecular weight excluding hydrogens is 396 g/mol. The number of benzene rings is 2. The first kappa shape index (κ1) is 19.6. The monoisotopic (exact) mass is 416 g/mol. The molecule has 0 saturated carbocycles. The minimum absolute atomic E-state index is 0.106. The number of rotatable bonds is 6. The molecule has 4 rings (SSSR count). The Labute approximate surface area is 178 Å². The molecule has 2 aromatic carbocycles. The van der Waals surface area contributed by atoms with Gasteiger partial charge in [0.25, 0.3) is 0 Å². The van der Waals surface area contributed by atoms with Crippen molar-refractivity contribution in [1.82, 2.24) is 9.55 Å². The van der Waals surface area contributed by atoms with Crippen molar-refractivity contribution in [3.05, 3.63) is 84.0 Å². The molecule has 0 radical (unpaired) electrons. The third-order valence-electron chi connectivity index (χ3n) is 4.46. The molecule has 30 heavy (non-hydrogen) atoms. The Morgan fingerprint density at radius 2 is 1.67 bits per heavy atom. The topological polar surface area (TPSA) is 76.0 Å². The van der Waals surface area contributed by atoms with Crippen molar-refractivity contribution in [2.45, 2.75) is 13.3 Å². The second-order valence-electron chi connectivity index (χ2n) is 6.78. The molecule has 0 unspecified atom stereocenters. The van der Waals surface area contributed by atoms with Crippen LogP contribution < -0.4 is 10.6 Å². The van der Waals surface area contributed by atoms with E-state index in [2.05, 4.69) is 15.6 Å². The Balaban J connectivity index is 1.36. The number of nitrogens with one attached hydrogen (secondary N) is 2. The van der Waals surface area contributed by atoms with Crippen LogP contribution in [0.4, 0.5) is 10.8 Å². The van der Waals surface area contributed by atoms with Gasteiger partial charge in [-0.1, -0.05) is 24.3 Å². The lowest BCUT2D eigenvalue weighted by Crippen LogP contribution is -2.14. The van der Waals surface area contributed by atoms with Crippen molar-refractivity contribution in [2.24, 2.45) is 0 Å².